The van der Waals surface area contributed by atoms with Gasteiger partial charge in [-0.15, -0.1) is 0 Å². The molecule has 1 aromatic carbocycles. The molecule has 0 heterocycles. The highest BCUT2D eigenvalue weighted by molar-refractivity contribution is 5.41. The van der Waals surface area contributed by atoms with Crippen LogP contribution >= 0.6 is 0 Å². The summed E-state index contributed by atoms with van der Waals surface area (Å²) in [5.41, 5.74) is 2.13. The fourth-order valence-electron chi connectivity index (χ4n) is 1.44. The second kappa shape index (κ2) is 5.74. The van der Waals surface area contributed by atoms with E-state index in [1.165, 1.54) is 5.56 Å². The number of benzene rings is 1. The summed E-state index contributed by atoms with van der Waals surface area (Å²) >= 11 is 0. The van der Waals surface area contributed by atoms with Gasteiger partial charge in [-0.3, -0.25) is 4.39 Å². The van der Waals surface area contributed by atoms with E-state index in [-0.39, 0.29) is 0 Å². The fraction of sp³-hybridized carbons (Fsp3) is 0.462. The molecule has 0 fully saturated rings. The van der Waals surface area contributed by atoms with E-state index < -0.39 is 6.67 Å². The van der Waals surface area contributed by atoms with E-state index in [0.717, 1.165) is 23.7 Å². The number of rotatable bonds is 5. The highest BCUT2D eigenvalue weighted by atomic mass is 19.1. The molecule has 0 saturated carbocycles. The maximum absolute atomic E-state index is 12.5. The molecule has 0 aliphatic rings. The minimum Gasteiger partial charge on any atom is -0.494 e. The molecular formula is C13H18FO. The fourth-order valence-corrected chi connectivity index (χ4v) is 1.44. The molecule has 0 amide bonds. The predicted molar refractivity (Wildman–Crippen MR) is 61.0 cm³/mol. The molecular weight excluding hydrogens is 191 g/mol. The van der Waals surface area contributed by atoms with Gasteiger partial charge in [-0.2, -0.15) is 0 Å². The Kier molecular flexibility index (Phi) is 4.60. The van der Waals surface area contributed by atoms with Gasteiger partial charge in [0.05, 0.1) is 13.3 Å². The van der Waals surface area contributed by atoms with Gasteiger partial charge in [0.1, 0.15) is 5.75 Å². The maximum Gasteiger partial charge on any atom is 0.119 e. The van der Waals surface area contributed by atoms with Crippen LogP contribution in [0.3, 0.4) is 0 Å². The van der Waals surface area contributed by atoms with E-state index in [4.69, 9.17) is 4.74 Å². The molecule has 0 atom stereocenters. The van der Waals surface area contributed by atoms with Crippen molar-refractivity contribution in [2.75, 3.05) is 13.3 Å². The van der Waals surface area contributed by atoms with Crippen molar-refractivity contribution in [3.05, 3.63) is 35.2 Å². The van der Waals surface area contributed by atoms with Crippen LogP contribution in [0.25, 0.3) is 0 Å². The zero-order chi connectivity index (χ0) is 11.3. The largest absolute Gasteiger partial charge is 0.494 e. The standard InChI is InChI=1S/C13H18FO/c1-4-11-6-12(10(3)9-14)8-13(7-11)15-5-2/h6-8H,4-5,9H2,1-3H3. The Morgan fingerprint density at radius 3 is 2.53 bits per heavy atom. The third kappa shape index (κ3) is 3.22. The number of aryl methyl sites for hydroxylation is 1. The molecule has 0 spiro atoms. The second-order valence-corrected chi connectivity index (χ2v) is 3.57. The van der Waals surface area contributed by atoms with Crippen LogP contribution in [0, 0.1) is 5.92 Å². The SMILES string of the molecule is CCOc1cc(CC)cc([C](C)CF)c1. The second-order valence-electron chi connectivity index (χ2n) is 3.57. The summed E-state index contributed by atoms with van der Waals surface area (Å²) in [5, 5.41) is 0. The third-order valence-electron chi connectivity index (χ3n) is 2.38. The van der Waals surface area contributed by atoms with Crippen LogP contribution in [0.1, 0.15) is 31.9 Å². The van der Waals surface area contributed by atoms with E-state index in [0.29, 0.717) is 6.61 Å². The molecule has 15 heavy (non-hydrogen) atoms. The zero-order valence-electron chi connectivity index (χ0n) is 9.64. The normalized spacial score (nSPS) is 10.7. The Hall–Kier alpha value is -1.05. The monoisotopic (exact) mass is 209 g/mol. The van der Waals surface area contributed by atoms with Gasteiger partial charge < -0.3 is 4.74 Å². The Balaban J connectivity index is 2.99. The van der Waals surface area contributed by atoms with Gasteiger partial charge in [0.2, 0.25) is 0 Å². The first kappa shape index (κ1) is 12.0. The molecule has 1 aromatic rings. The van der Waals surface area contributed by atoms with E-state index in [1.807, 2.05) is 32.0 Å². The molecule has 0 aromatic heterocycles. The average Bonchev–Trinajstić information content (AvgIpc) is 2.28. The summed E-state index contributed by atoms with van der Waals surface area (Å²) in [6.07, 6.45) is 0.938. The lowest BCUT2D eigenvalue weighted by Gasteiger charge is -2.12. The first-order chi connectivity index (χ1) is 7.21. The lowest BCUT2D eigenvalue weighted by Crippen LogP contribution is -2.00. The first-order valence-electron chi connectivity index (χ1n) is 5.36. The van der Waals surface area contributed by atoms with Gasteiger partial charge in [0.15, 0.2) is 0 Å². The molecule has 0 aliphatic heterocycles. The van der Waals surface area contributed by atoms with E-state index in [2.05, 4.69) is 6.92 Å². The highest BCUT2D eigenvalue weighted by Crippen LogP contribution is 2.23. The lowest BCUT2D eigenvalue weighted by atomic mass is 9.99. The number of halogens is 1. The summed E-state index contributed by atoms with van der Waals surface area (Å²) in [7, 11) is 0. The summed E-state index contributed by atoms with van der Waals surface area (Å²) in [4.78, 5) is 0. The number of alkyl halides is 1. The van der Waals surface area contributed by atoms with Crippen molar-refractivity contribution in [1.29, 1.82) is 0 Å². The summed E-state index contributed by atoms with van der Waals surface area (Å²) in [5.74, 6) is 1.59. The van der Waals surface area contributed by atoms with Crippen LogP contribution in [-0.2, 0) is 6.42 Å². The summed E-state index contributed by atoms with van der Waals surface area (Å²) in [6, 6.07) is 5.94. The highest BCUT2D eigenvalue weighted by Gasteiger charge is 2.08. The molecule has 83 valence electrons. The van der Waals surface area contributed by atoms with E-state index in [9.17, 15) is 4.39 Å². The molecule has 1 radical (unpaired) electrons. The maximum atomic E-state index is 12.5. The Labute approximate surface area is 91.3 Å². The molecule has 0 aliphatic carbocycles. The Morgan fingerprint density at radius 2 is 2.00 bits per heavy atom. The van der Waals surface area contributed by atoms with Crippen molar-refractivity contribution in [2.24, 2.45) is 0 Å². The van der Waals surface area contributed by atoms with Crippen LogP contribution in [0.2, 0.25) is 0 Å². The van der Waals surface area contributed by atoms with Crippen LogP contribution in [0.4, 0.5) is 4.39 Å². The quantitative estimate of drug-likeness (QED) is 0.720. The summed E-state index contributed by atoms with van der Waals surface area (Å²) < 4.78 is 18.0. The first-order valence-corrected chi connectivity index (χ1v) is 5.36. The van der Waals surface area contributed by atoms with Gasteiger partial charge in [-0.05, 0) is 36.6 Å². The van der Waals surface area contributed by atoms with Gasteiger partial charge >= 0.3 is 0 Å². The smallest absolute Gasteiger partial charge is 0.119 e. The van der Waals surface area contributed by atoms with Crippen molar-refractivity contribution in [1.82, 2.24) is 0 Å². The van der Waals surface area contributed by atoms with Gasteiger partial charge in [-0.1, -0.05) is 19.9 Å². The minimum atomic E-state index is -0.404. The van der Waals surface area contributed by atoms with Gasteiger partial charge in [0, 0.05) is 5.92 Å². The van der Waals surface area contributed by atoms with Crippen molar-refractivity contribution < 1.29 is 9.13 Å². The van der Waals surface area contributed by atoms with E-state index in [1.54, 1.807) is 0 Å². The Morgan fingerprint density at radius 1 is 1.27 bits per heavy atom. The minimum absolute atomic E-state index is 0.404. The van der Waals surface area contributed by atoms with E-state index >= 15 is 0 Å². The molecule has 1 rings (SSSR count). The molecule has 1 nitrogen and oxygen atoms in total. The third-order valence-corrected chi connectivity index (χ3v) is 2.38. The number of ether oxygens (including phenoxy) is 1. The number of hydrogen-bond acceptors (Lipinski definition) is 1. The molecule has 0 N–H and O–H groups in total. The molecule has 0 saturated heterocycles. The molecule has 0 bridgehead atoms. The van der Waals surface area contributed by atoms with Crippen LogP contribution in [-0.4, -0.2) is 13.3 Å². The van der Waals surface area contributed by atoms with Crippen molar-refractivity contribution in [3.8, 4) is 5.75 Å². The number of hydrogen-bond donors (Lipinski definition) is 0. The topological polar surface area (TPSA) is 9.23 Å². The summed E-state index contributed by atoms with van der Waals surface area (Å²) in [6.45, 7) is 6.08. The van der Waals surface area contributed by atoms with Crippen molar-refractivity contribution in [3.63, 3.8) is 0 Å². The van der Waals surface area contributed by atoms with Crippen LogP contribution in [0.5, 0.6) is 5.75 Å². The van der Waals surface area contributed by atoms with Crippen LogP contribution < -0.4 is 4.74 Å². The zero-order valence-corrected chi connectivity index (χ0v) is 9.64. The van der Waals surface area contributed by atoms with Crippen molar-refractivity contribution in [2.45, 2.75) is 27.2 Å². The lowest BCUT2D eigenvalue weighted by molar-refractivity contribution is 0.339. The van der Waals surface area contributed by atoms with Crippen molar-refractivity contribution >= 4 is 0 Å². The van der Waals surface area contributed by atoms with Gasteiger partial charge in [0.25, 0.3) is 0 Å². The predicted octanol–water partition coefficient (Wildman–Crippen LogP) is 3.56. The average molecular weight is 209 g/mol. The molecule has 2 heteroatoms. The van der Waals surface area contributed by atoms with Gasteiger partial charge in [-0.25, -0.2) is 0 Å². The molecule has 0 unspecified atom stereocenters. The Bertz CT molecular complexity index is 309. The van der Waals surface area contributed by atoms with Crippen LogP contribution in [0.15, 0.2) is 18.2 Å².